The Balaban J connectivity index is 2.01. The first-order valence-electron chi connectivity index (χ1n) is 11.5. The van der Waals surface area contributed by atoms with E-state index in [0.29, 0.717) is 25.8 Å². The molecule has 6 N–H and O–H groups in total. The number of unbranched alkanes of at least 4 members (excludes halogenated alkanes) is 1. The molecule has 1 saturated carbocycles. The van der Waals surface area contributed by atoms with Crippen LogP contribution in [0.5, 0.6) is 0 Å². The Morgan fingerprint density at radius 1 is 1.00 bits per heavy atom. The van der Waals surface area contributed by atoms with Gasteiger partial charge in [0.15, 0.2) is 0 Å². The first-order valence-corrected chi connectivity index (χ1v) is 11.5. The minimum Gasteiger partial charge on any atom is -0.480 e. The van der Waals surface area contributed by atoms with E-state index < -0.39 is 41.6 Å². The molecule has 0 aliphatic heterocycles. The summed E-state index contributed by atoms with van der Waals surface area (Å²) in [7, 11) is 0. The molecule has 184 valence electrons. The summed E-state index contributed by atoms with van der Waals surface area (Å²) in [6, 6.07) is 0.255. The van der Waals surface area contributed by atoms with Crippen LogP contribution in [0.3, 0.4) is 0 Å². The Morgan fingerprint density at radius 3 is 2.24 bits per heavy atom. The van der Waals surface area contributed by atoms with Gasteiger partial charge in [-0.2, -0.15) is 0 Å². The first-order chi connectivity index (χ1) is 15.8. The van der Waals surface area contributed by atoms with Crippen molar-refractivity contribution in [1.29, 1.82) is 0 Å². The van der Waals surface area contributed by atoms with Crippen molar-refractivity contribution in [1.82, 2.24) is 16.0 Å². The molecule has 0 unspecified atom stereocenters. The van der Waals surface area contributed by atoms with Crippen LogP contribution in [-0.2, 0) is 16.1 Å². The normalized spacial score (nSPS) is 16.0. The van der Waals surface area contributed by atoms with E-state index in [9.17, 15) is 28.3 Å². The number of benzene rings is 1. The number of hydrogen-bond donors (Lipinski definition) is 5. The monoisotopic (exact) mass is 468 g/mol. The predicted molar refractivity (Wildman–Crippen MR) is 119 cm³/mol. The zero-order chi connectivity index (χ0) is 24.2. The Morgan fingerprint density at radius 2 is 1.64 bits per heavy atom. The minimum absolute atomic E-state index is 0.102. The number of carbonyl (C=O) groups excluding carboxylic acids is 2. The van der Waals surface area contributed by atoms with Gasteiger partial charge in [-0.05, 0) is 55.8 Å². The molecule has 1 aliphatic rings. The number of halogens is 2. The van der Waals surface area contributed by atoms with Crippen LogP contribution < -0.4 is 21.7 Å². The van der Waals surface area contributed by atoms with Crippen molar-refractivity contribution in [2.45, 2.75) is 76.4 Å². The summed E-state index contributed by atoms with van der Waals surface area (Å²) in [5.74, 6) is -2.89. The van der Waals surface area contributed by atoms with Gasteiger partial charge in [-0.1, -0.05) is 32.1 Å². The molecule has 1 aliphatic carbocycles. The highest BCUT2D eigenvalue weighted by molar-refractivity contribution is 5.88. The van der Waals surface area contributed by atoms with Gasteiger partial charge in [-0.3, -0.25) is 4.79 Å². The second-order valence-corrected chi connectivity index (χ2v) is 8.58. The van der Waals surface area contributed by atoms with Gasteiger partial charge in [-0.15, -0.1) is 0 Å². The number of nitrogens with one attached hydrogen (secondary N) is 3. The van der Waals surface area contributed by atoms with Crippen molar-refractivity contribution in [3.8, 4) is 0 Å². The first kappa shape index (κ1) is 26.5. The van der Waals surface area contributed by atoms with Gasteiger partial charge in [0, 0.05) is 12.6 Å². The molecule has 0 radical (unpaired) electrons. The van der Waals surface area contributed by atoms with Gasteiger partial charge in [-0.25, -0.2) is 18.4 Å². The molecular weight excluding hydrogens is 434 g/mol. The lowest BCUT2D eigenvalue weighted by Crippen LogP contribution is -2.53. The highest BCUT2D eigenvalue weighted by Gasteiger charge is 2.27. The molecule has 1 aromatic carbocycles. The summed E-state index contributed by atoms with van der Waals surface area (Å²) in [4.78, 5) is 36.8. The lowest BCUT2D eigenvalue weighted by Gasteiger charge is -2.27. The fourth-order valence-corrected chi connectivity index (χ4v) is 4.12. The Kier molecular flexibility index (Phi) is 11.0. The number of carbonyl (C=O) groups is 3. The van der Waals surface area contributed by atoms with E-state index in [1.165, 1.54) is 0 Å². The maximum atomic E-state index is 13.4. The van der Waals surface area contributed by atoms with Crippen LogP contribution in [0.1, 0.15) is 63.4 Å². The second-order valence-electron chi connectivity index (χ2n) is 8.58. The maximum absolute atomic E-state index is 13.4. The summed E-state index contributed by atoms with van der Waals surface area (Å²) in [5, 5.41) is 17.0. The molecule has 0 spiro atoms. The lowest BCUT2D eigenvalue weighted by molar-refractivity contribution is -0.139. The molecular formula is C23H34F2N4O4. The van der Waals surface area contributed by atoms with Gasteiger partial charge in [0.1, 0.15) is 23.7 Å². The smallest absolute Gasteiger partial charge is 0.326 e. The van der Waals surface area contributed by atoms with Crippen molar-refractivity contribution in [3.63, 3.8) is 0 Å². The van der Waals surface area contributed by atoms with Gasteiger partial charge < -0.3 is 26.8 Å². The van der Waals surface area contributed by atoms with E-state index in [1.807, 2.05) is 0 Å². The zero-order valence-corrected chi connectivity index (χ0v) is 18.7. The van der Waals surface area contributed by atoms with Crippen molar-refractivity contribution in [2.24, 2.45) is 11.7 Å². The van der Waals surface area contributed by atoms with Gasteiger partial charge in [0.25, 0.3) is 0 Å². The molecule has 10 heteroatoms. The molecule has 0 heterocycles. The Hall–Kier alpha value is -2.75. The average molecular weight is 469 g/mol. The van der Waals surface area contributed by atoms with Gasteiger partial charge >= 0.3 is 12.0 Å². The number of carboxylic acids is 1. The maximum Gasteiger partial charge on any atom is 0.326 e. The van der Waals surface area contributed by atoms with E-state index in [1.54, 1.807) is 0 Å². The molecule has 3 amide bonds. The number of nitrogens with two attached hydrogens (primary N) is 1. The number of rotatable bonds is 12. The summed E-state index contributed by atoms with van der Waals surface area (Å²) >= 11 is 0. The number of aliphatic carboxylic acids is 1. The third kappa shape index (κ3) is 9.73. The summed E-state index contributed by atoms with van der Waals surface area (Å²) < 4.78 is 26.8. The number of carboxylic acid groups (broad SMARTS) is 1. The third-order valence-corrected chi connectivity index (χ3v) is 5.86. The second kappa shape index (κ2) is 13.7. The minimum atomic E-state index is -1.16. The van der Waals surface area contributed by atoms with Crippen molar-refractivity contribution in [3.05, 3.63) is 35.4 Å². The topological polar surface area (TPSA) is 134 Å². The van der Waals surface area contributed by atoms with Crippen LogP contribution in [0.2, 0.25) is 0 Å². The Labute approximate surface area is 192 Å². The predicted octanol–water partition coefficient (Wildman–Crippen LogP) is 2.80. The Bertz CT molecular complexity index is 782. The molecule has 0 bridgehead atoms. The summed E-state index contributed by atoms with van der Waals surface area (Å²) in [6.45, 7) is 0.326. The molecule has 0 saturated heterocycles. The van der Waals surface area contributed by atoms with E-state index in [0.717, 1.165) is 50.3 Å². The summed E-state index contributed by atoms with van der Waals surface area (Å²) in [5.41, 5.74) is 5.69. The van der Waals surface area contributed by atoms with Crippen molar-refractivity contribution >= 4 is 17.9 Å². The highest BCUT2D eigenvalue weighted by atomic mass is 19.1. The van der Waals surface area contributed by atoms with E-state index in [-0.39, 0.29) is 24.4 Å². The van der Waals surface area contributed by atoms with Crippen LogP contribution in [0.15, 0.2) is 18.2 Å². The van der Waals surface area contributed by atoms with E-state index >= 15 is 0 Å². The SMILES string of the molecule is NCCCC[C@H](NC(=O)N[C@H](CC1CCCCC1)C(=O)NCc1cc(F)cc(F)c1)C(=O)O. The van der Waals surface area contributed by atoms with Crippen LogP contribution in [0.4, 0.5) is 13.6 Å². The number of amides is 3. The zero-order valence-electron chi connectivity index (χ0n) is 18.7. The standard InChI is InChI=1S/C23H34F2N4O4/c24-17-10-16(11-18(25)13-17)14-27-21(30)20(12-15-6-2-1-3-7-15)29-23(33)28-19(22(31)32)8-4-5-9-26/h10-11,13,15,19-20H,1-9,12,14,26H2,(H,27,30)(H,31,32)(H2,28,29,33)/t19-,20+/m0/s1. The fraction of sp³-hybridized carbons (Fsp3) is 0.609. The molecule has 2 atom stereocenters. The van der Waals surface area contributed by atoms with Crippen molar-refractivity contribution < 1.29 is 28.3 Å². The van der Waals surface area contributed by atoms with Gasteiger partial charge in [0.05, 0.1) is 0 Å². The molecule has 1 fully saturated rings. The summed E-state index contributed by atoms with van der Waals surface area (Å²) in [6.07, 6.45) is 6.94. The van der Waals surface area contributed by atoms with Crippen molar-refractivity contribution in [2.75, 3.05) is 6.54 Å². The van der Waals surface area contributed by atoms with Crippen LogP contribution in [0, 0.1) is 17.6 Å². The molecule has 8 nitrogen and oxygen atoms in total. The molecule has 2 rings (SSSR count). The molecule has 0 aromatic heterocycles. The van der Waals surface area contributed by atoms with E-state index in [2.05, 4.69) is 16.0 Å². The average Bonchev–Trinajstić information content (AvgIpc) is 2.76. The molecule has 1 aromatic rings. The number of hydrogen-bond acceptors (Lipinski definition) is 4. The highest BCUT2D eigenvalue weighted by Crippen LogP contribution is 2.27. The lowest BCUT2D eigenvalue weighted by atomic mass is 9.84. The quantitative estimate of drug-likeness (QED) is 0.301. The van der Waals surface area contributed by atoms with E-state index in [4.69, 9.17) is 5.73 Å². The van der Waals surface area contributed by atoms with Gasteiger partial charge in [0.2, 0.25) is 5.91 Å². The van der Waals surface area contributed by atoms with Crippen LogP contribution >= 0.6 is 0 Å². The van der Waals surface area contributed by atoms with Crippen LogP contribution in [0.25, 0.3) is 0 Å². The van der Waals surface area contributed by atoms with Crippen LogP contribution in [-0.4, -0.2) is 41.6 Å². The fourth-order valence-electron chi connectivity index (χ4n) is 4.12. The third-order valence-electron chi connectivity index (χ3n) is 5.86. The molecule has 33 heavy (non-hydrogen) atoms. The number of urea groups is 1. The largest absolute Gasteiger partial charge is 0.480 e.